The lowest BCUT2D eigenvalue weighted by molar-refractivity contribution is -0.124. The Morgan fingerprint density at radius 3 is 2.28 bits per heavy atom. The molecule has 0 aliphatic carbocycles. The molecule has 2 heterocycles. The Hall–Kier alpha value is -2.95. The lowest BCUT2D eigenvalue weighted by Gasteiger charge is -2.32. The summed E-state index contributed by atoms with van der Waals surface area (Å²) in [4.78, 5) is 30.2. The number of rotatable bonds is 11. The van der Waals surface area contributed by atoms with Gasteiger partial charge in [-0.15, -0.1) is 0 Å². The zero-order chi connectivity index (χ0) is 26.3. The molecule has 1 aromatic heterocycles. The van der Waals surface area contributed by atoms with E-state index in [2.05, 4.69) is 15.6 Å². The van der Waals surface area contributed by atoms with E-state index < -0.39 is 42.1 Å². The van der Waals surface area contributed by atoms with E-state index in [0.717, 1.165) is 11.4 Å². The minimum atomic E-state index is -0.927. The molecule has 2 N–H and O–H groups in total. The summed E-state index contributed by atoms with van der Waals surface area (Å²) in [6.45, 7) is 9.97. The van der Waals surface area contributed by atoms with E-state index in [1.165, 1.54) is 13.3 Å². The fourth-order valence-corrected chi connectivity index (χ4v) is 3.63. The molecule has 10 heteroatoms. The van der Waals surface area contributed by atoms with Crippen LogP contribution in [0.4, 0.5) is 0 Å². The third-order valence-electron chi connectivity index (χ3n) is 6.50. The van der Waals surface area contributed by atoms with Gasteiger partial charge in [-0.05, 0) is 58.9 Å². The molecule has 1 saturated heterocycles. The number of pyridine rings is 1. The Kier molecular flexibility index (Phi) is 9.11. The maximum atomic E-state index is 13.3. The maximum absolute atomic E-state index is 13.3. The normalized spacial score (nSPS) is 17.8. The molecule has 1 aromatic carbocycles. The zero-order valence-corrected chi connectivity index (χ0v) is 21.9. The quantitative estimate of drug-likeness (QED) is 0.460. The summed E-state index contributed by atoms with van der Waals surface area (Å²) in [5, 5.41) is 5.73. The Morgan fingerprint density at radius 1 is 1.03 bits per heavy atom. The number of aryl methyl sites for hydroxylation is 1. The minimum Gasteiger partial charge on any atom is -0.494 e. The van der Waals surface area contributed by atoms with Crippen molar-refractivity contribution in [2.75, 3.05) is 20.3 Å². The monoisotopic (exact) mass is 497 g/mol. The second kappa shape index (κ2) is 11.9. The van der Waals surface area contributed by atoms with Crippen molar-refractivity contribution < 1.29 is 28.4 Å². The van der Waals surface area contributed by atoms with Crippen LogP contribution in [0.25, 0.3) is 0 Å². The van der Waals surface area contributed by atoms with Gasteiger partial charge < -0.3 is 29.4 Å². The lowest BCUT2D eigenvalue weighted by atomic mass is 9.76. The molecule has 0 saturated carbocycles. The van der Waals surface area contributed by atoms with Crippen LogP contribution in [-0.2, 0) is 18.8 Å². The third-order valence-corrected chi connectivity index (χ3v) is 6.50. The number of methoxy groups -OCH3 is 1. The van der Waals surface area contributed by atoms with Gasteiger partial charge in [0.05, 0.1) is 35.9 Å². The number of nitrogens with zero attached hydrogens (tertiary/aromatic N) is 1. The molecule has 194 valence electrons. The molecular formula is C26H36BN3O6. The molecule has 0 bridgehead atoms. The molecule has 1 aliphatic heterocycles. The Bertz CT molecular complexity index is 1000. The number of para-hydroxylation sites is 1. The summed E-state index contributed by atoms with van der Waals surface area (Å²) < 4.78 is 23.5. The molecule has 0 spiro atoms. The molecular weight excluding hydrogens is 461 g/mol. The standard InChI is InChI=1S/C26H36BN3O6/c1-18-12-13-19(16-28-18)23(31)29-21(17-33-6)24(32)30-22(14-15-34-20-10-8-7-9-11-20)27-35-25(2,3)26(4,5)36-27/h7-13,16,21-22H,14-15,17H2,1-6H3,(H,29,31)(H,30,32)/t21?,22-/m0/s1. The van der Waals surface area contributed by atoms with Crippen LogP contribution < -0.4 is 15.4 Å². The van der Waals surface area contributed by atoms with Gasteiger partial charge in [0.25, 0.3) is 5.91 Å². The van der Waals surface area contributed by atoms with Crippen molar-refractivity contribution in [1.29, 1.82) is 0 Å². The summed E-state index contributed by atoms with van der Waals surface area (Å²) in [5.41, 5.74) is 0.00736. The number of aromatic nitrogens is 1. The molecule has 2 atom stereocenters. The second-order valence-electron chi connectivity index (χ2n) is 9.86. The summed E-state index contributed by atoms with van der Waals surface area (Å²) in [5.74, 6) is -0.628. The largest absolute Gasteiger partial charge is 0.494 e. The SMILES string of the molecule is COCC(NC(=O)c1ccc(C)nc1)C(=O)N[C@@H](CCOc1ccccc1)B1OC(C)(C)C(C)(C)O1. The highest BCUT2D eigenvalue weighted by Gasteiger charge is 2.54. The van der Waals surface area contributed by atoms with Crippen molar-refractivity contribution in [1.82, 2.24) is 15.6 Å². The van der Waals surface area contributed by atoms with Crippen molar-refractivity contribution >= 4 is 18.9 Å². The van der Waals surface area contributed by atoms with Crippen LogP contribution in [0.1, 0.15) is 50.2 Å². The van der Waals surface area contributed by atoms with E-state index in [9.17, 15) is 9.59 Å². The Morgan fingerprint density at radius 2 is 1.69 bits per heavy atom. The Labute approximate surface area is 213 Å². The van der Waals surface area contributed by atoms with E-state index in [-0.39, 0.29) is 6.61 Å². The van der Waals surface area contributed by atoms with Crippen molar-refractivity contribution in [2.24, 2.45) is 0 Å². The van der Waals surface area contributed by atoms with E-state index >= 15 is 0 Å². The average molecular weight is 497 g/mol. The summed E-state index contributed by atoms with van der Waals surface area (Å²) in [6.07, 6.45) is 1.90. The molecule has 1 fully saturated rings. The van der Waals surface area contributed by atoms with E-state index in [4.69, 9.17) is 18.8 Å². The molecule has 0 radical (unpaired) electrons. The molecule has 1 aliphatic rings. The number of ether oxygens (including phenoxy) is 2. The van der Waals surface area contributed by atoms with Crippen LogP contribution in [0, 0.1) is 6.92 Å². The zero-order valence-electron chi connectivity index (χ0n) is 21.9. The predicted octanol–water partition coefficient (Wildman–Crippen LogP) is 2.72. The number of hydrogen-bond acceptors (Lipinski definition) is 7. The van der Waals surface area contributed by atoms with E-state index in [0.29, 0.717) is 18.6 Å². The van der Waals surface area contributed by atoms with Crippen molar-refractivity contribution in [3.05, 3.63) is 59.9 Å². The van der Waals surface area contributed by atoms with Gasteiger partial charge in [-0.2, -0.15) is 0 Å². The smallest absolute Gasteiger partial charge is 0.481 e. The van der Waals surface area contributed by atoms with Gasteiger partial charge in [-0.3, -0.25) is 14.6 Å². The fourth-order valence-electron chi connectivity index (χ4n) is 3.63. The van der Waals surface area contributed by atoms with Crippen molar-refractivity contribution in [2.45, 2.75) is 64.2 Å². The maximum Gasteiger partial charge on any atom is 0.481 e. The van der Waals surface area contributed by atoms with Gasteiger partial charge in [-0.25, -0.2) is 0 Å². The van der Waals surface area contributed by atoms with Crippen LogP contribution in [-0.4, -0.2) is 67.4 Å². The Balaban J connectivity index is 1.71. The molecule has 3 rings (SSSR count). The van der Waals surface area contributed by atoms with Crippen LogP contribution >= 0.6 is 0 Å². The van der Waals surface area contributed by atoms with E-state index in [1.807, 2.05) is 65.0 Å². The predicted molar refractivity (Wildman–Crippen MR) is 137 cm³/mol. The number of nitrogens with one attached hydrogen (secondary N) is 2. The topological polar surface area (TPSA) is 108 Å². The first-order valence-corrected chi connectivity index (χ1v) is 12.1. The molecule has 36 heavy (non-hydrogen) atoms. The highest BCUT2D eigenvalue weighted by atomic mass is 16.7. The summed E-state index contributed by atoms with van der Waals surface area (Å²) >= 11 is 0. The number of carbonyl (C=O) groups excluding carboxylic acids is 2. The van der Waals surface area contributed by atoms with Gasteiger partial charge >= 0.3 is 7.12 Å². The molecule has 2 amide bonds. The second-order valence-corrected chi connectivity index (χ2v) is 9.86. The van der Waals surface area contributed by atoms with Gasteiger partial charge in [0.1, 0.15) is 11.8 Å². The van der Waals surface area contributed by atoms with Crippen molar-refractivity contribution in [3.8, 4) is 5.75 Å². The van der Waals surface area contributed by atoms with Gasteiger partial charge in [0.2, 0.25) is 5.91 Å². The average Bonchev–Trinajstić information content (AvgIpc) is 3.05. The lowest BCUT2D eigenvalue weighted by Crippen LogP contribution is -2.56. The molecule has 2 aromatic rings. The first-order chi connectivity index (χ1) is 17.0. The summed E-state index contributed by atoms with van der Waals surface area (Å²) in [6, 6.07) is 11.9. The number of benzene rings is 1. The van der Waals surface area contributed by atoms with Crippen LogP contribution in [0.15, 0.2) is 48.7 Å². The third kappa shape index (κ3) is 7.06. The van der Waals surface area contributed by atoms with Gasteiger partial charge in [0.15, 0.2) is 0 Å². The minimum absolute atomic E-state index is 0.00648. The van der Waals surface area contributed by atoms with Gasteiger partial charge in [0, 0.05) is 25.4 Å². The molecule has 9 nitrogen and oxygen atoms in total. The summed E-state index contributed by atoms with van der Waals surface area (Å²) in [7, 11) is 0.776. The number of amides is 2. The first-order valence-electron chi connectivity index (χ1n) is 12.1. The highest BCUT2D eigenvalue weighted by Crippen LogP contribution is 2.37. The number of carbonyl (C=O) groups is 2. The van der Waals surface area contributed by atoms with Crippen LogP contribution in [0.2, 0.25) is 0 Å². The molecule has 1 unspecified atom stereocenters. The number of hydrogen-bond donors (Lipinski definition) is 2. The first kappa shape index (κ1) is 27.6. The fraction of sp³-hybridized carbons (Fsp3) is 0.500. The van der Waals surface area contributed by atoms with E-state index in [1.54, 1.807) is 12.1 Å². The van der Waals surface area contributed by atoms with Crippen molar-refractivity contribution in [3.63, 3.8) is 0 Å². The van der Waals surface area contributed by atoms with Crippen LogP contribution in [0.5, 0.6) is 5.75 Å². The highest BCUT2D eigenvalue weighted by molar-refractivity contribution is 6.48. The van der Waals surface area contributed by atoms with Gasteiger partial charge in [-0.1, -0.05) is 18.2 Å². The van der Waals surface area contributed by atoms with Crippen LogP contribution in [0.3, 0.4) is 0 Å².